The van der Waals surface area contributed by atoms with Gasteiger partial charge in [0.05, 0.1) is 11.4 Å². The van der Waals surface area contributed by atoms with E-state index >= 15 is 0 Å². The molecule has 0 radical (unpaired) electrons. The first-order valence-corrected chi connectivity index (χ1v) is 10.0. The van der Waals surface area contributed by atoms with Gasteiger partial charge in [0.25, 0.3) is 0 Å². The number of ether oxygens (including phenoxy) is 1. The summed E-state index contributed by atoms with van der Waals surface area (Å²) < 4.78 is 32.2. The highest BCUT2D eigenvalue weighted by atomic mass is 32.2. The number of hydrogen-bond donors (Lipinski definition) is 2. The summed E-state index contributed by atoms with van der Waals surface area (Å²) in [5.74, 6) is 3.51. The number of sulfone groups is 1. The van der Waals surface area contributed by atoms with Gasteiger partial charge in [0.2, 0.25) is 9.84 Å². The Hall–Kier alpha value is -2.37. The van der Waals surface area contributed by atoms with Crippen molar-refractivity contribution in [3.8, 4) is 23.8 Å². The highest BCUT2D eigenvalue weighted by Crippen LogP contribution is 2.40. The molecule has 2 aromatic carbocycles. The molecule has 1 atom stereocenters. The summed E-state index contributed by atoms with van der Waals surface area (Å²) in [6, 6.07) is 15.0. The highest BCUT2D eigenvalue weighted by molar-refractivity contribution is 7.92. The normalized spacial score (nSPS) is 20.5. The Bertz CT molecular complexity index is 919. The summed E-state index contributed by atoms with van der Waals surface area (Å²) in [4.78, 5) is -0.414. The number of terminal acetylenes is 1. The fraction of sp³-hybridized carbons (Fsp3) is 0.300. The van der Waals surface area contributed by atoms with Gasteiger partial charge in [-0.3, -0.25) is 4.90 Å². The Morgan fingerprint density at radius 3 is 2.33 bits per heavy atom. The van der Waals surface area contributed by atoms with Gasteiger partial charge in [0.15, 0.2) is 11.2 Å². The van der Waals surface area contributed by atoms with E-state index in [-0.39, 0.29) is 17.9 Å². The molecule has 1 unspecified atom stereocenters. The van der Waals surface area contributed by atoms with Gasteiger partial charge in [-0.1, -0.05) is 24.1 Å². The fourth-order valence-electron chi connectivity index (χ4n) is 3.44. The molecule has 1 aliphatic heterocycles. The molecule has 0 bridgehead atoms. The van der Waals surface area contributed by atoms with Crippen molar-refractivity contribution in [1.29, 1.82) is 0 Å². The Balaban J connectivity index is 1.93. The molecule has 1 heterocycles. The molecule has 1 saturated heterocycles. The van der Waals surface area contributed by atoms with Crippen molar-refractivity contribution in [2.24, 2.45) is 0 Å². The first-order chi connectivity index (χ1) is 12.9. The van der Waals surface area contributed by atoms with Crippen molar-refractivity contribution in [3.05, 3.63) is 54.6 Å². The van der Waals surface area contributed by atoms with Crippen LogP contribution < -0.4 is 4.74 Å². The lowest BCUT2D eigenvalue weighted by molar-refractivity contribution is -0.105. The van der Waals surface area contributed by atoms with E-state index < -0.39 is 21.0 Å². The topological polar surface area (TPSA) is 87.1 Å². The fourth-order valence-corrected chi connectivity index (χ4v) is 5.53. The summed E-state index contributed by atoms with van der Waals surface area (Å²) in [7, 11) is -4.09. The van der Waals surface area contributed by atoms with Crippen LogP contribution in [0.2, 0.25) is 0 Å². The minimum absolute atomic E-state index is 0.0140. The first kappa shape index (κ1) is 19.4. The van der Waals surface area contributed by atoms with Crippen LogP contribution in [-0.2, 0) is 9.84 Å². The predicted octanol–water partition coefficient (Wildman–Crippen LogP) is 1.99. The summed E-state index contributed by atoms with van der Waals surface area (Å²) in [5, 5.41) is 20.0. The molecule has 0 saturated carbocycles. The molecule has 7 heteroatoms. The van der Waals surface area contributed by atoms with E-state index in [4.69, 9.17) is 11.2 Å². The maximum absolute atomic E-state index is 13.3. The lowest BCUT2D eigenvalue weighted by atomic mass is 10.2. The summed E-state index contributed by atoms with van der Waals surface area (Å²) >= 11 is 0. The predicted molar refractivity (Wildman–Crippen MR) is 101 cm³/mol. The van der Waals surface area contributed by atoms with Crippen LogP contribution in [0, 0.1) is 12.3 Å². The Kier molecular flexibility index (Phi) is 5.53. The van der Waals surface area contributed by atoms with E-state index in [1.54, 1.807) is 12.1 Å². The van der Waals surface area contributed by atoms with E-state index in [1.807, 2.05) is 18.2 Å². The van der Waals surface area contributed by atoms with Crippen molar-refractivity contribution < 1.29 is 23.4 Å². The second-order valence-corrected chi connectivity index (χ2v) is 8.52. The number of nitrogens with zero attached hydrogens (tertiary/aromatic N) is 1. The molecule has 6 nitrogen and oxygen atoms in total. The van der Waals surface area contributed by atoms with Crippen molar-refractivity contribution >= 4 is 9.84 Å². The third kappa shape index (κ3) is 3.45. The van der Waals surface area contributed by atoms with Crippen LogP contribution >= 0.6 is 0 Å². The summed E-state index contributed by atoms with van der Waals surface area (Å²) in [6.45, 7) is 0.405. The van der Waals surface area contributed by atoms with Gasteiger partial charge in [0.1, 0.15) is 11.5 Å². The number of likely N-dealkylation sites (tertiary alicyclic amines) is 1. The molecule has 3 rings (SSSR count). The second kappa shape index (κ2) is 7.71. The molecular weight excluding hydrogens is 366 g/mol. The van der Waals surface area contributed by atoms with Crippen LogP contribution in [0.5, 0.6) is 11.5 Å². The Morgan fingerprint density at radius 1 is 1.11 bits per heavy atom. The van der Waals surface area contributed by atoms with Crippen LogP contribution in [0.25, 0.3) is 0 Å². The zero-order chi connectivity index (χ0) is 19.5. The smallest absolute Gasteiger partial charge is 0.202 e. The van der Waals surface area contributed by atoms with Gasteiger partial charge < -0.3 is 14.9 Å². The number of aliphatic hydroxyl groups excluding tert-OH is 1. The molecule has 0 spiro atoms. The summed E-state index contributed by atoms with van der Waals surface area (Å²) in [5.41, 5.74) is 0. The van der Waals surface area contributed by atoms with Gasteiger partial charge in [-0.25, -0.2) is 8.42 Å². The molecule has 0 aromatic heterocycles. The maximum Gasteiger partial charge on any atom is 0.202 e. The molecular formula is C20H21NO5S. The largest absolute Gasteiger partial charge is 0.457 e. The van der Waals surface area contributed by atoms with Crippen LogP contribution in [0.4, 0.5) is 0 Å². The molecule has 27 heavy (non-hydrogen) atoms. The molecule has 0 amide bonds. The number of rotatable bonds is 6. The lowest BCUT2D eigenvalue weighted by Crippen LogP contribution is -2.58. The van der Waals surface area contributed by atoms with E-state index in [0.717, 1.165) is 0 Å². The quantitative estimate of drug-likeness (QED) is 0.582. The minimum atomic E-state index is -4.09. The van der Waals surface area contributed by atoms with Crippen molar-refractivity contribution in [1.82, 2.24) is 4.90 Å². The van der Waals surface area contributed by atoms with Gasteiger partial charge in [-0.2, -0.15) is 0 Å². The Morgan fingerprint density at radius 2 is 1.74 bits per heavy atom. The highest BCUT2D eigenvalue weighted by Gasteiger charge is 2.56. The second-order valence-electron chi connectivity index (χ2n) is 6.34. The van der Waals surface area contributed by atoms with E-state index in [1.165, 1.54) is 29.2 Å². The molecule has 142 valence electrons. The monoisotopic (exact) mass is 387 g/mol. The van der Waals surface area contributed by atoms with Crippen molar-refractivity contribution in [2.45, 2.75) is 28.9 Å². The number of hydrogen-bond acceptors (Lipinski definition) is 6. The maximum atomic E-state index is 13.3. The zero-order valence-electron chi connectivity index (χ0n) is 14.7. The molecule has 1 fully saturated rings. The Labute approximate surface area is 158 Å². The van der Waals surface area contributed by atoms with Crippen LogP contribution in [0.1, 0.15) is 12.8 Å². The average Bonchev–Trinajstić information content (AvgIpc) is 3.09. The molecule has 2 N–H and O–H groups in total. The number of benzene rings is 2. The standard InChI is InChI=1S/C20H21NO5S/c1-2-14-21-15-6-13-20(21,19(22)23)27(24,25)18-11-9-17(10-12-18)26-16-7-4-3-5-8-16/h1,3-5,7-12,19,22-23H,6,13-15H2. The van der Waals surface area contributed by atoms with Gasteiger partial charge >= 0.3 is 0 Å². The van der Waals surface area contributed by atoms with E-state index in [2.05, 4.69) is 5.92 Å². The minimum Gasteiger partial charge on any atom is -0.457 e. The van der Waals surface area contributed by atoms with Crippen molar-refractivity contribution in [3.63, 3.8) is 0 Å². The number of para-hydroxylation sites is 1. The third-order valence-electron chi connectivity index (χ3n) is 4.76. The molecule has 1 aliphatic rings. The van der Waals surface area contributed by atoms with Gasteiger partial charge in [-0.15, -0.1) is 6.42 Å². The number of aliphatic hydroxyl groups is 2. The van der Waals surface area contributed by atoms with Crippen LogP contribution in [0.15, 0.2) is 59.5 Å². The lowest BCUT2D eigenvalue weighted by Gasteiger charge is -2.38. The SMILES string of the molecule is C#CCN1CCCC1(C(O)O)S(=O)(=O)c1ccc(Oc2ccccc2)cc1. The first-order valence-electron chi connectivity index (χ1n) is 8.54. The van der Waals surface area contributed by atoms with Crippen molar-refractivity contribution in [2.75, 3.05) is 13.1 Å². The summed E-state index contributed by atoms with van der Waals surface area (Å²) in [6.07, 6.45) is 3.87. The van der Waals surface area contributed by atoms with Crippen LogP contribution in [-0.4, -0.2) is 47.8 Å². The van der Waals surface area contributed by atoms with E-state index in [0.29, 0.717) is 24.5 Å². The molecule has 2 aromatic rings. The van der Waals surface area contributed by atoms with Crippen LogP contribution in [0.3, 0.4) is 0 Å². The van der Waals surface area contributed by atoms with Gasteiger partial charge in [0, 0.05) is 6.54 Å². The zero-order valence-corrected chi connectivity index (χ0v) is 15.5. The third-order valence-corrected chi connectivity index (χ3v) is 7.26. The average molecular weight is 387 g/mol. The van der Waals surface area contributed by atoms with E-state index in [9.17, 15) is 18.6 Å². The molecule has 0 aliphatic carbocycles. The van der Waals surface area contributed by atoms with Gasteiger partial charge in [-0.05, 0) is 49.2 Å².